The van der Waals surface area contributed by atoms with Crippen LogP contribution in [0.4, 0.5) is 5.88 Å². The predicted molar refractivity (Wildman–Crippen MR) is 99.5 cm³/mol. The molecule has 12 nitrogen and oxygen atoms in total. The van der Waals surface area contributed by atoms with Gasteiger partial charge in [-0.05, 0) is 18.2 Å². The van der Waals surface area contributed by atoms with Crippen molar-refractivity contribution >= 4 is 23.9 Å². The van der Waals surface area contributed by atoms with Gasteiger partial charge in [-0.3, -0.25) is 19.7 Å². The van der Waals surface area contributed by atoms with Gasteiger partial charge in [-0.1, -0.05) is 0 Å². The van der Waals surface area contributed by atoms with Crippen LogP contribution in [0.15, 0.2) is 33.8 Å². The SMILES string of the molecule is COc1cc(C(=O)NCC(=O)N/N=C/c2ccc([N+](=O)[O-])o2)cc(OC)c1OC. The van der Waals surface area contributed by atoms with Crippen LogP contribution in [-0.2, 0) is 4.79 Å². The van der Waals surface area contributed by atoms with Crippen molar-refractivity contribution in [2.45, 2.75) is 0 Å². The zero-order valence-corrected chi connectivity index (χ0v) is 15.8. The van der Waals surface area contributed by atoms with E-state index in [1.54, 1.807) is 0 Å². The van der Waals surface area contributed by atoms with E-state index in [1.807, 2.05) is 0 Å². The maximum atomic E-state index is 12.3. The van der Waals surface area contributed by atoms with Crippen LogP contribution in [0.5, 0.6) is 17.2 Å². The minimum absolute atomic E-state index is 0.0819. The van der Waals surface area contributed by atoms with Crippen molar-refractivity contribution in [1.82, 2.24) is 10.7 Å². The third kappa shape index (κ3) is 5.45. The Balaban J connectivity index is 1.93. The second kappa shape index (κ2) is 9.73. The number of nitrogens with zero attached hydrogens (tertiary/aromatic N) is 2. The Morgan fingerprint density at radius 2 is 1.83 bits per heavy atom. The Morgan fingerprint density at radius 1 is 1.17 bits per heavy atom. The maximum Gasteiger partial charge on any atom is 0.433 e. The van der Waals surface area contributed by atoms with Gasteiger partial charge >= 0.3 is 5.88 Å². The highest BCUT2D eigenvalue weighted by Crippen LogP contribution is 2.38. The molecule has 2 N–H and O–H groups in total. The summed E-state index contributed by atoms with van der Waals surface area (Å²) in [5.41, 5.74) is 2.35. The summed E-state index contributed by atoms with van der Waals surface area (Å²) >= 11 is 0. The lowest BCUT2D eigenvalue weighted by molar-refractivity contribution is -0.402. The zero-order valence-electron chi connectivity index (χ0n) is 15.8. The van der Waals surface area contributed by atoms with Crippen LogP contribution in [-0.4, -0.2) is 50.8 Å². The fourth-order valence-electron chi connectivity index (χ4n) is 2.19. The number of methoxy groups -OCH3 is 3. The quantitative estimate of drug-likeness (QED) is 0.356. The number of rotatable bonds is 9. The number of hydrogen-bond donors (Lipinski definition) is 2. The molecule has 2 rings (SSSR count). The van der Waals surface area contributed by atoms with E-state index in [4.69, 9.17) is 18.6 Å². The second-order valence-electron chi connectivity index (χ2n) is 5.32. The van der Waals surface area contributed by atoms with Gasteiger partial charge in [0.05, 0.1) is 40.2 Å². The Labute approximate surface area is 164 Å². The molecule has 0 saturated heterocycles. The second-order valence-corrected chi connectivity index (χ2v) is 5.32. The first-order valence-electron chi connectivity index (χ1n) is 8.04. The number of carbonyl (C=O) groups is 2. The molecule has 0 aliphatic carbocycles. The normalized spacial score (nSPS) is 10.4. The molecule has 0 saturated carbocycles. The van der Waals surface area contributed by atoms with E-state index >= 15 is 0 Å². The Bertz CT molecular complexity index is 912. The molecule has 0 unspecified atom stereocenters. The van der Waals surface area contributed by atoms with E-state index in [2.05, 4.69) is 15.8 Å². The minimum atomic E-state index is -0.700. The van der Waals surface area contributed by atoms with Crippen LogP contribution in [0, 0.1) is 10.1 Å². The molecule has 1 aromatic heterocycles. The lowest BCUT2D eigenvalue weighted by Crippen LogP contribution is -2.34. The van der Waals surface area contributed by atoms with Crippen LogP contribution >= 0.6 is 0 Å². The molecule has 0 spiro atoms. The smallest absolute Gasteiger partial charge is 0.433 e. The molecule has 0 aliphatic rings. The monoisotopic (exact) mass is 406 g/mol. The lowest BCUT2D eigenvalue weighted by Gasteiger charge is -2.13. The van der Waals surface area contributed by atoms with E-state index in [0.717, 1.165) is 12.3 Å². The van der Waals surface area contributed by atoms with Gasteiger partial charge in [0.2, 0.25) is 5.75 Å². The highest BCUT2D eigenvalue weighted by molar-refractivity contribution is 5.97. The van der Waals surface area contributed by atoms with Crippen LogP contribution in [0.1, 0.15) is 16.1 Å². The van der Waals surface area contributed by atoms with Gasteiger partial charge in [-0.2, -0.15) is 5.10 Å². The molecule has 1 aromatic carbocycles. The van der Waals surface area contributed by atoms with E-state index in [9.17, 15) is 19.7 Å². The summed E-state index contributed by atoms with van der Waals surface area (Å²) < 4.78 is 20.4. The highest BCUT2D eigenvalue weighted by atomic mass is 16.6. The number of ether oxygens (including phenoxy) is 3. The van der Waals surface area contributed by atoms with Crippen molar-refractivity contribution in [2.75, 3.05) is 27.9 Å². The molecule has 154 valence electrons. The fourth-order valence-corrected chi connectivity index (χ4v) is 2.19. The first-order chi connectivity index (χ1) is 13.9. The Kier molecular flexibility index (Phi) is 7.12. The largest absolute Gasteiger partial charge is 0.493 e. The van der Waals surface area contributed by atoms with Crippen LogP contribution < -0.4 is 25.0 Å². The third-order valence-corrected chi connectivity index (χ3v) is 3.51. The Hall–Kier alpha value is -4.09. The zero-order chi connectivity index (χ0) is 21.4. The van der Waals surface area contributed by atoms with Crippen LogP contribution in [0.25, 0.3) is 0 Å². The number of nitro groups is 1. The fraction of sp³-hybridized carbons (Fsp3) is 0.235. The summed E-state index contributed by atoms with van der Waals surface area (Å²) in [6, 6.07) is 5.36. The number of hydrazone groups is 1. The van der Waals surface area contributed by atoms with Crippen molar-refractivity contribution in [3.05, 3.63) is 45.7 Å². The number of benzene rings is 1. The molecule has 1 heterocycles. The van der Waals surface area contributed by atoms with Crippen molar-refractivity contribution < 1.29 is 33.1 Å². The molecular formula is C17H18N4O8. The third-order valence-electron chi connectivity index (χ3n) is 3.51. The first kappa shape index (κ1) is 21.2. The average Bonchev–Trinajstić information content (AvgIpc) is 3.20. The first-order valence-corrected chi connectivity index (χ1v) is 8.04. The Morgan fingerprint density at radius 3 is 2.34 bits per heavy atom. The number of amides is 2. The number of hydrogen-bond acceptors (Lipinski definition) is 9. The van der Waals surface area contributed by atoms with E-state index in [-0.39, 0.29) is 17.9 Å². The number of nitrogens with one attached hydrogen (secondary N) is 2. The summed E-state index contributed by atoms with van der Waals surface area (Å²) in [5.74, 6) is -0.629. The van der Waals surface area contributed by atoms with Crippen molar-refractivity contribution in [2.24, 2.45) is 5.10 Å². The molecule has 0 aliphatic heterocycles. The van der Waals surface area contributed by atoms with Gasteiger partial charge in [0, 0.05) is 5.56 Å². The molecule has 0 radical (unpaired) electrons. The molecule has 0 atom stereocenters. The van der Waals surface area contributed by atoms with Gasteiger partial charge in [-0.15, -0.1) is 0 Å². The van der Waals surface area contributed by atoms with Crippen molar-refractivity contribution in [3.8, 4) is 17.2 Å². The van der Waals surface area contributed by atoms with E-state index < -0.39 is 22.6 Å². The van der Waals surface area contributed by atoms with E-state index in [1.165, 1.54) is 39.5 Å². The van der Waals surface area contributed by atoms with Crippen LogP contribution in [0.2, 0.25) is 0 Å². The summed E-state index contributed by atoms with van der Waals surface area (Å²) in [5, 5.41) is 16.5. The number of furan rings is 1. The van der Waals surface area contributed by atoms with Gasteiger partial charge in [0.25, 0.3) is 11.8 Å². The van der Waals surface area contributed by atoms with Crippen LogP contribution in [0.3, 0.4) is 0 Å². The summed E-state index contributed by atoms with van der Waals surface area (Å²) in [7, 11) is 4.27. The van der Waals surface area contributed by atoms with E-state index in [0.29, 0.717) is 17.2 Å². The molecule has 2 amide bonds. The molecule has 29 heavy (non-hydrogen) atoms. The van der Waals surface area contributed by atoms with Gasteiger partial charge in [0.15, 0.2) is 17.3 Å². The average molecular weight is 406 g/mol. The van der Waals surface area contributed by atoms with Crippen molar-refractivity contribution in [3.63, 3.8) is 0 Å². The van der Waals surface area contributed by atoms with Gasteiger partial charge < -0.3 is 23.9 Å². The minimum Gasteiger partial charge on any atom is -0.493 e. The predicted octanol–water partition coefficient (Wildman–Crippen LogP) is 1.09. The van der Waals surface area contributed by atoms with Crippen molar-refractivity contribution in [1.29, 1.82) is 0 Å². The standard InChI is InChI=1S/C17H18N4O8/c1-26-12-6-10(7-13(27-2)16(12)28-3)17(23)18-9-14(22)20-19-8-11-4-5-15(29-11)21(24)25/h4-8H,9H2,1-3H3,(H,18,23)(H,20,22)/b19-8+. The van der Waals surface area contributed by atoms with Gasteiger partial charge in [0.1, 0.15) is 4.92 Å². The molecule has 2 aromatic rings. The van der Waals surface area contributed by atoms with Gasteiger partial charge in [-0.25, -0.2) is 5.43 Å². The molecule has 0 fully saturated rings. The summed E-state index contributed by atoms with van der Waals surface area (Å²) in [4.78, 5) is 33.9. The highest BCUT2D eigenvalue weighted by Gasteiger charge is 2.17. The lowest BCUT2D eigenvalue weighted by atomic mass is 10.1. The topological polar surface area (TPSA) is 155 Å². The summed E-state index contributed by atoms with van der Waals surface area (Å²) in [6.07, 6.45) is 1.09. The maximum absolute atomic E-state index is 12.3. The molecule has 0 bridgehead atoms. The molecular weight excluding hydrogens is 388 g/mol. The summed E-state index contributed by atoms with van der Waals surface area (Å²) in [6.45, 7) is -0.370. The molecule has 12 heteroatoms. The number of carbonyl (C=O) groups excluding carboxylic acids is 2.